The second-order valence-corrected chi connectivity index (χ2v) is 7.56. The Bertz CT molecular complexity index is 782. The molecule has 8 heteroatoms. The summed E-state index contributed by atoms with van der Waals surface area (Å²) in [6.07, 6.45) is 1.24. The third-order valence-corrected chi connectivity index (χ3v) is 5.61. The number of thiophene rings is 1. The van der Waals surface area contributed by atoms with Crippen LogP contribution >= 0.6 is 11.3 Å². The lowest BCUT2D eigenvalue weighted by Crippen LogP contribution is -2.52. The maximum Gasteiger partial charge on any atom is 0.313 e. The number of carboxylic acids is 1. The topological polar surface area (TPSA) is 92.9 Å². The number of piperidine rings is 1. The molecule has 0 aromatic carbocycles. The summed E-state index contributed by atoms with van der Waals surface area (Å²) in [5, 5.41) is 11.6. The van der Waals surface area contributed by atoms with Gasteiger partial charge in [0.15, 0.2) is 0 Å². The first kappa shape index (κ1) is 18.6. The van der Waals surface area contributed by atoms with Crippen molar-refractivity contribution in [2.75, 3.05) is 26.8 Å². The van der Waals surface area contributed by atoms with E-state index in [2.05, 4.69) is 4.98 Å². The zero-order valence-corrected chi connectivity index (χ0v) is 15.7. The monoisotopic (exact) mass is 378 g/mol. The fraction of sp³-hybridized carbons (Fsp3) is 0.500. The summed E-state index contributed by atoms with van der Waals surface area (Å²) in [5.41, 5.74) is -0.444. The van der Waals surface area contributed by atoms with Crippen LogP contribution in [0.15, 0.2) is 21.9 Å². The Morgan fingerprint density at radius 1 is 1.50 bits per heavy atom. The summed E-state index contributed by atoms with van der Waals surface area (Å²) in [6.45, 7) is 2.59. The van der Waals surface area contributed by atoms with Gasteiger partial charge in [0.05, 0.1) is 23.6 Å². The molecule has 0 saturated carbocycles. The van der Waals surface area contributed by atoms with Gasteiger partial charge in [0.25, 0.3) is 0 Å². The molecule has 1 N–H and O–H groups in total. The van der Waals surface area contributed by atoms with E-state index in [-0.39, 0.29) is 25.5 Å². The fourth-order valence-corrected chi connectivity index (χ4v) is 3.98. The smallest absolute Gasteiger partial charge is 0.313 e. The average Bonchev–Trinajstić information content (AvgIpc) is 3.25. The number of carbonyl (C=O) groups excluding carboxylic acids is 1. The number of likely N-dealkylation sites (tertiary alicyclic amines) is 1. The van der Waals surface area contributed by atoms with Gasteiger partial charge in [-0.1, -0.05) is 6.07 Å². The minimum Gasteiger partial charge on any atom is -0.481 e. The number of carbonyl (C=O) groups is 2. The van der Waals surface area contributed by atoms with Crippen molar-refractivity contribution >= 4 is 23.2 Å². The van der Waals surface area contributed by atoms with E-state index in [0.29, 0.717) is 36.7 Å². The van der Waals surface area contributed by atoms with Crippen LogP contribution < -0.4 is 0 Å². The van der Waals surface area contributed by atoms with Gasteiger partial charge in [0.2, 0.25) is 11.8 Å². The van der Waals surface area contributed by atoms with E-state index in [9.17, 15) is 14.7 Å². The van der Waals surface area contributed by atoms with E-state index >= 15 is 0 Å². The Labute approximate surface area is 155 Å². The summed E-state index contributed by atoms with van der Waals surface area (Å²) in [5.74, 6) is 0.0633. The Morgan fingerprint density at radius 3 is 2.96 bits per heavy atom. The Kier molecular flexibility index (Phi) is 5.43. The molecule has 3 rings (SSSR count). The van der Waals surface area contributed by atoms with Crippen LogP contribution in [0.2, 0.25) is 0 Å². The summed E-state index contributed by atoms with van der Waals surface area (Å²) < 4.78 is 10.8. The average molecular weight is 378 g/mol. The van der Waals surface area contributed by atoms with Gasteiger partial charge in [-0.3, -0.25) is 9.59 Å². The number of methoxy groups -OCH3 is 1. The number of aromatic nitrogens is 1. The maximum atomic E-state index is 12.7. The van der Waals surface area contributed by atoms with E-state index in [1.54, 1.807) is 11.8 Å². The molecule has 7 nitrogen and oxygen atoms in total. The van der Waals surface area contributed by atoms with Crippen molar-refractivity contribution in [2.24, 2.45) is 5.41 Å². The van der Waals surface area contributed by atoms with Crippen molar-refractivity contribution in [3.63, 3.8) is 0 Å². The molecule has 0 bridgehead atoms. The van der Waals surface area contributed by atoms with Gasteiger partial charge in [-0.15, -0.1) is 11.3 Å². The zero-order chi connectivity index (χ0) is 18.7. The quantitative estimate of drug-likeness (QED) is 0.830. The molecule has 1 saturated heterocycles. The van der Waals surface area contributed by atoms with E-state index in [1.807, 2.05) is 17.5 Å². The molecule has 26 heavy (non-hydrogen) atoms. The standard InChI is InChI=1S/C18H22N2O5S/c1-12-13(19-16(25-12)14-5-3-8-26-14)9-15(21)20-7-4-6-18(10-20,11-24-2)17(22)23/h3,5,8H,4,6-7,9-11H2,1-2H3,(H,22,23). The molecule has 1 atom stereocenters. The molecule has 1 aliphatic rings. The molecule has 0 spiro atoms. The van der Waals surface area contributed by atoms with Crippen LogP contribution in [-0.2, 0) is 20.7 Å². The summed E-state index contributed by atoms with van der Waals surface area (Å²) in [6, 6.07) is 3.83. The summed E-state index contributed by atoms with van der Waals surface area (Å²) in [4.78, 5) is 31.4. The summed E-state index contributed by atoms with van der Waals surface area (Å²) >= 11 is 1.52. The Balaban J connectivity index is 1.73. The van der Waals surface area contributed by atoms with Crippen molar-refractivity contribution in [3.8, 4) is 10.8 Å². The predicted molar refractivity (Wildman–Crippen MR) is 96.0 cm³/mol. The molecule has 1 unspecified atom stereocenters. The maximum absolute atomic E-state index is 12.7. The van der Waals surface area contributed by atoms with Gasteiger partial charge in [-0.25, -0.2) is 4.98 Å². The van der Waals surface area contributed by atoms with E-state index in [4.69, 9.17) is 9.15 Å². The van der Waals surface area contributed by atoms with Gasteiger partial charge in [0.1, 0.15) is 11.2 Å². The number of amides is 1. The number of nitrogens with zero attached hydrogens (tertiary/aromatic N) is 2. The lowest BCUT2D eigenvalue weighted by atomic mass is 9.80. The van der Waals surface area contributed by atoms with Gasteiger partial charge in [-0.05, 0) is 31.2 Å². The number of hydrogen-bond acceptors (Lipinski definition) is 6. The first-order valence-electron chi connectivity index (χ1n) is 8.45. The Hall–Kier alpha value is -2.19. The van der Waals surface area contributed by atoms with E-state index in [1.165, 1.54) is 18.4 Å². The molecule has 0 radical (unpaired) electrons. The molecule has 3 heterocycles. The second kappa shape index (κ2) is 7.59. The molecular formula is C18H22N2O5S. The highest BCUT2D eigenvalue weighted by atomic mass is 32.1. The molecule has 2 aromatic rings. The third-order valence-electron chi connectivity index (χ3n) is 4.75. The number of hydrogen-bond donors (Lipinski definition) is 1. The van der Waals surface area contributed by atoms with Crippen LogP contribution in [0.25, 0.3) is 10.8 Å². The second-order valence-electron chi connectivity index (χ2n) is 6.61. The largest absolute Gasteiger partial charge is 0.481 e. The van der Waals surface area contributed by atoms with Crippen LogP contribution in [0.1, 0.15) is 24.3 Å². The molecular weight excluding hydrogens is 356 g/mol. The van der Waals surface area contributed by atoms with E-state index < -0.39 is 11.4 Å². The summed E-state index contributed by atoms with van der Waals surface area (Å²) in [7, 11) is 1.48. The zero-order valence-electron chi connectivity index (χ0n) is 14.9. The molecule has 1 amide bonds. The van der Waals surface area contributed by atoms with Crippen LogP contribution in [0, 0.1) is 12.3 Å². The van der Waals surface area contributed by atoms with E-state index in [0.717, 1.165) is 4.88 Å². The van der Waals surface area contributed by atoms with Crippen molar-refractivity contribution in [3.05, 3.63) is 29.0 Å². The van der Waals surface area contributed by atoms with Gasteiger partial charge < -0.3 is 19.2 Å². The van der Waals surface area contributed by atoms with Crippen molar-refractivity contribution in [2.45, 2.75) is 26.2 Å². The Morgan fingerprint density at radius 2 is 2.31 bits per heavy atom. The first-order chi connectivity index (χ1) is 12.4. The number of oxazole rings is 1. The van der Waals surface area contributed by atoms with Gasteiger partial charge in [-0.2, -0.15) is 0 Å². The first-order valence-corrected chi connectivity index (χ1v) is 9.33. The highest BCUT2D eigenvalue weighted by molar-refractivity contribution is 7.13. The molecule has 140 valence electrons. The fourth-order valence-electron chi connectivity index (χ4n) is 3.33. The molecule has 0 aliphatic carbocycles. The van der Waals surface area contributed by atoms with Crippen LogP contribution in [0.5, 0.6) is 0 Å². The van der Waals surface area contributed by atoms with Crippen molar-refractivity contribution in [1.29, 1.82) is 0 Å². The normalized spacial score (nSPS) is 20.3. The molecule has 1 fully saturated rings. The number of ether oxygens (including phenoxy) is 1. The van der Waals surface area contributed by atoms with Gasteiger partial charge in [0, 0.05) is 20.2 Å². The van der Waals surface area contributed by atoms with Crippen LogP contribution in [0.4, 0.5) is 0 Å². The lowest BCUT2D eigenvalue weighted by molar-refractivity contribution is -0.159. The molecule has 2 aromatic heterocycles. The minimum atomic E-state index is -1.04. The highest BCUT2D eigenvalue weighted by Crippen LogP contribution is 2.32. The minimum absolute atomic E-state index is 0.0949. The van der Waals surface area contributed by atoms with Gasteiger partial charge >= 0.3 is 5.97 Å². The SMILES string of the molecule is COCC1(C(=O)O)CCCN(C(=O)Cc2nc(-c3cccs3)oc2C)C1. The third kappa shape index (κ3) is 3.66. The highest BCUT2D eigenvalue weighted by Gasteiger charge is 2.43. The number of aliphatic carboxylic acids is 1. The number of carboxylic acid groups (broad SMARTS) is 1. The predicted octanol–water partition coefficient (Wildman–Crippen LogP) is 2.59. The molecule has 1 aliphatic heterocycles. The van der Waals surface area contributed by atoms with Crippen LogP contribution in [0.3, 0.4) is 0 Å². The number of aryl methyl sites for hydroxylation is 1. The number of rotatable bonds is 6. The van der Waals surface area contributed by atoms with Crippen LogP contribution in [-0.4, -0.2) is 53.7 Å². The van der Waals surface area contributed by atoms with Crippen molar-refractivity contribution < 1.29 is 23.8 Å². The lowest BCUT2D eigenvalue weighted by Gasteiger charge is -2.39. The van der Waals surface area contributed by atoms with Crippen molar-refractivity contribution in [1.82, 2.24) is 9.88 Å².